The predicted molar refractivity (Wildman–Crippen MR) is 291 cm³/mol. The summed E-state index contributed by atoms with van der Waals surface area (Å²) in [4.78, 5) is 0. The second-order valence-electron chi connectivity index (χ2n) is 17.2. The van der Waals surface area contributed by atoms with Crippen LogP contribution in [-0.4, -0.2) is 64.6 Å². The second-order valence-corrected chi connectivity index (χ2v) is 17.2. The smallest absolute Gasteiger partial charge is 0.119 e. The number of hydrogen-bond acceptors (Lipinski definition) is 7. The second kappa shape index (κ2) is 35.7. The van der Waals surface area contributed by atoms with Crippen LogP contribution in [0.15, 0.2) is 212 Å². The molecule has 3 aliphatic rings. The van der Waals surface area contributed by atoms with Crippen LogP contribution in [0.2, 0.25) is 0 Å². The Morgan fingerprint density at radius 1 is 0.329 bits per heavy atom. The lowest BCUT2D eigenvalue weighted by Crippen LogP contribution is -2.03. The molecule has 3 unspecified atom stereocenters. The van der Waals surface area contributed by atoms with Gasteiger partial charge < -0.3 is 33.2 Å². The van der Waals surface area contributed by atoms with Gasteiger partial charge in [-0.2, -0.15) is 0 Å². The molecule has 7 heteroatoms. The Balaban J connectivity index is 0.000000216. The average Bonchev–Trinajstić information content (AvgIpc) is 4.25. The summed E-state index contributed by atoms with van der Waals surface area (Å²) in [7, 11) is 0. The molecule has 10 rings (SSSR count). The van der Waals surface area contributed by atoms with E-state index in [1.54, 1.807) is 0 Å². The molecule has 3 fully saturated rings. The van der Waals surface area contributed by atoms with Crippen molar-refractivity contribution in [2.45, 2.75) is 92.0 Å². The molecule has 0 radical (unpaired) electrons. The van der Waals surface area contributed by atoms with Crippen molar-refractivity contribution < 1.29 is 33.2 Å². The molecule has 70 heavy (non-hydrogen) atoms. The van der Waals surface area contributed by atoms with E-state index in [4.69, 9.17) is 33.2 Å². The molecular formula is C63H80O7. The Hall–Kier alpha value is -6.38. The van der Waals surface area contributed by atoms with Crippen LogP contribution < -0.4 is 18.9 Å². The summed E-state index contributed by atoms with van der Waals surface area (Å²) in [6, 6.07) is 70.7. The summed E-state index contributed by atoms with van der Waals surface area (Å²) in [6.45, 7) is 20.6. The highest BCUT2D eigenvalue weighted by Gasteiger charge is 2.24. The van der Waals surface area contributed by atoms with Gasteiger partial charge in [-0.15, -0.1) is 0 Å². The Morgan fingerprint density at radius 2 is 0.514 bits per heavy atom. The van der Waals surface area contributed by atoms with Gasteiger partial charge in [0, 0.05) is 0 Å². The molecule has 0 saturated carbocycles. The van der Waals surface area contributed by atoms with E-state index in [9.17, 15) is 0 Å². The lowest BCUT2D eigenvalue weighted by molar-refractivity contribution is 0.263. The van der Waals surface area contributed by atoms with Gasteiger partial charge in [0.2, 0.25) is 0 Å². The molecule has 7 aromatic rings. The van der Waals surface area contributed by atoms with Crippen LogP contribution in [-0.2, 0) is 14.2 Å². The normalized spacial score (nSPS) is 15.1. The molecule has 3 atom stereocenters. The first-order valence-electron chi connectivity index (χ1n) is 24.4. The van der Waals surface area contributed by atoms with E-state index >= 15 is 0 Å². The number of para-hydroxylation sites is 4. The maximum atomic E-state index is 5.40. The van der Waals surface area contributed by atoms with E-state index in [0.717, 1.165) is 49.4 Å². The molecule has 7 nitrogen and oxygen atoms in total. The molecule has 0 N–H and O–H groups in total. The highest BCUT2D eigenvalue weighted by atomic mass is 16.6. The SMILES string of the molecule is C.CC(C)c1ccccc1.CC(C)c1ccccc1.CC(C)c1ccccc1.CCOc1ccccc1.c1ccc(OCC2CO2)cc1.c1ccc(OCC2CO2)cc1.c1ccc(OCC2CO2)cc1. The molecule has 3 aliphatic heterocycles. The van der Waals surface area contributed by atoms with Gasteiger partial charge >= 0.3 is 0 Å². The van der Waals surface area contributed by atoms with Crippen molar-refractivity contribution in [2.75, 3.05) is 46.2 Å². The third kappa shape index (κ3) is 28.8. The van der Waals surface area contributed by atoms with Crippen LogP contribution in [0.1, 0.15) is 90.3 Å². The fourth-order valence-corrected chi connectivity index (χ4v) is 5.81. The number of hydrogen-bond donors (Lipinski definition) is 0. The highest BCUT2D eigenvalue weighted by Crippen LogP contribution is 2.17. The van der Waals surface area contributed by atoms with Crippen molar-refractivity contribution in [3.8, 4) is 23.0 Å². The molecule has 7 aromatic carbocycles. The van der Waals surface area contributed by atoms with Crippen molar-refractivity contribution >= 4 is 0 Å². The van der Waals surface area contributed by atoms with E-state index in [1.165, 1.54) is 16.7 Å². The van der Waals surface area contributed by atoms with E-state index in [0.29, 0.717) is 55.9 Å². The van der Waals surface area contributed by atoms with Gasteiger partial charge in [-0.25, -0.2) is 0 Å². The zero-order valence-electron chi connectivity index (χ0n) is 42.0. The molecule has 0 aliphatic carbocycles. The first-order valence-corrected chi connectivity index (χ1v) is 24.4. The third-order valence-electron chi connectivity index (χ3n) is 10.2. The molecule has 374 valence electrons. The van der Waals surface area contributed by atoms with Crippen LogP contribution in [0, 0.1) is 0 Å². The van der Waals surface area contributed by atoms with Crippen LogP contribution >= 0.6 is 0 Å². The minimum atomic E-state index is 0. The number of epoxide rings is 3. The van der Waals surface area contributed by atoms with E-state index in [1.807, 2.05) is 146 Å². The molecule has 0 spiro atoms. The summed E-state index contributed by atoms with van der Waals surface area (Å²) in [5.41, 5.74) is 4.24. The summed E-state index contributed by atoms with van der Waals surface area (Å²) < 4.78 is 36.4. The molecular weight excluding hydrogens is 869 g/mol. The summed E-state index contributed by atoms with van der Waals surface area (Å²) in [6.07, 6.45) is 1.03. The van der Waals surface area contributed by atoms with Crippen LogP contribution in [0.25, 0.3) is 0 Å². The number of ether oxygens (including phenoxy) is 7. The lowest BCUT2D eigenvalue weighted by Gasteiger charge is -2.01. The van der Waals surface area contributed by atoms with Crippen molar-refractivity contribution in [1.82, 2.24) is 0 Å². The van der Waals surface area contributed by atoms with Gasteiger partial charge in [0.15, 0.2) is 0 Å². The first-order chi connectivity index (χ1) is 33.7. The Bertz CT molecular complexity index is 1990. The lowest BCUT2D eigenvalue weighted by atomic mass is 10.0. The topological polar surface area (TPSA) is 74.5 Å². The van der Waals surface area contributed by atoms with Gasteiger partial charge in [0.05, 0.1) is 26.4 Å². The maximum absolute atomic E-state index is 5.40. The quantitative estimate of drug-likeness (QED) is 0.101. The van der Waals surface area contributed by atoms with E-state index < -0.39 is 0 Å². The number of benzene rings is 7. The summed E-state index contributed by atoms with van der Waals surface area (Å²) in [5, 5.41) is 0. The van der Waals surface area contributed by atoms with Crippen LogP contribution in [0.3, 0.4) is 0 Å². The third-order valence-corrected chi connectivity index (χ3v) is 10.2. The van der Waals surface area contributed by atoms with Crippen molar-refractivity contribution in [2.24, 2.45) is 0 Å². The van der Waals surface area contributed by atoms with Crippen molar-refractivity contribution in [3.63, 3.8) is 0 Å². The summed E-state index contributed by atoms with van der Waals surface area (Å²) in [5.74, 6) is 5.68. The van der Waals surface area contributed by atoms with E-state index in [-0.39, 0.29) is 7.43 Å². The minimum Gasteiger partial charge on any atom is -0.494 e. The van der Waals surface area contributed by atoms with Gasteiger partial charge in [-0.05, 0) is 89.9 Å². The fourth-order valence-electron chi connectivity index (χ4n) is 5.81. The monoisotopic (exact) mass is 949 g/mol. The van der Waals surface area contributed by atoms with Gasteiger partial charge in [-0.3, -0.25) is 0 Å². The largest absolute Gasteiger partial charge is 0.494 e. The first kappa shape index (κ1) is 57.9. The zero-order chi connectivity index (χ0) is 49.2. The molecule has 0 bridgehead atoms. The standard InChI is InChI=1S/3C9H10O2.3C9H12.C8H10O.CH4/c3*1-2-4-8(5-3-1)10-6-9-7-11-9;3*1-8(2)9-6-4-3-5-7-9;1-2-9-8-6-4-3-5-7-8;/h3*1-5,9H,6-7H2;3*3-8H,1-2H3;3-7H,2H2,1H3;1H4. The Kier molecular flexibility index (Phi) is 29.5. The summed E-state index contributed by atoms with van der Waals surface area (Å²) >= 11 is 0. The van der Waals surface area contributed by atoms with E-state index in [2.05, 4.69) is 114 Å². The maximum Gasteiger partial charge on any atom is 0.119 e. The highest BCUT2D eigenvalue weighted by molar-refractivity contribution is 5.24. The van der Waals surface area contributed by atoms with Gasteiger partial charge in [-0.1, -0.05) is 213 Å². The molecule has 0 amide bonds. The zero-order valence-corrected chi connectivity index (χ0v) is 42.0. The Morgan fingerprint density at radius 3 is 0.671 bits per heavy atom. The van der Waals surface area contributed by atoms with Crippen LogP contribution in [0.5, 0.6) is 23.0 Å². The Labute approximate surface area is 421 Å². The predicted octanol–water partition coefficient (Wildman–Crippen LogP) is 15.5. The minimum absolute atomic E-state index is 0. The molecule has 3 saturated heterocycles. The molecule has 3 heterocycles. The van der Waals surface area contributed by atoms with Crippen molar-refractivity contribution in [1.29, 1.82) is 0 Å². The van der Waals surface area contributed by atoms with Crippen LogP contribution in [0.4, 0.5) is 0 Å². The average molecular weight is 949 g/mol. The molecule has 0 aromatic heterocycles. The van der Waals surface area contributed by atoms with Crippen molar-refractivity contribution in [3.05, 3.63) is 229 Å². The fraction of sp³-hybridized carbons (Fsp3) is 0.333. The number of rotatable bonds is 14. The van der Waals surface area contributed by atoms with Gasteiger partial charge in [0.1, 0.15) is 61.1 Å². The van der Waals surface area contributed by atoms with Gasteiger partial charge in [0.25, 0.3) is 0 Å².